The van der Waals surface area contributed by atoms with E-state index in [1.165, 1.54) is 0 Å². The largest absolute Gasteiger partial charge is 0.262 e. The summed E-state index contributed by atoms with van der Waals surface area (Å²) in [5.74, 6) is 1.92. The van der Waals surface area contributed by atoms with Crippen molar-refractivity contribution >= 4 is 0 Å². The molecule has 2 aromatic heterocycles. The van der Waals surface area contributed by atoms with E-state index in [-0.39, 0.29) is 0 Å². The van der Waals surface area contributed by atoms with Crippen molar-refractivity contribution in [2.75, 3.05) is 0 Å². The predicted molar refractivity (Wildman–Crippen MR) is 58.4 cm³/mol. The molecule has 1 N–H and O–H groups in total. The molecule has 0 saturated carbocycles. The number of aromatic nitrogens is 4. The van der Waals surface area contributed by atoms with Gasteiger partial charge >= 0.3 is 0 Å². The zero-order valence-corrected chi connectivity index (χ0v) is 9.15. The van der Waals surface area contributed by atoms with Gasteiger partial charge in [0.2, 0.25) is 0 Å². The number of hydrogen-bond donors (Lipinski definition) is 1. The third kappa shape index (κ3) is 2.03. The number of hydrogen-bond acceptors (Lipinski definition) is 3. The van der Waals surface area contributed by atoms with Crippen molar-refractivity contribution in [2.24, 2.45) is 0 Å². The standard InChI is InChI=1S/C11H14N4/c1-7(2)10-13-11(15-14-10)9-6-4-5-8(3)12-9/h4-7H,1-3H3,(H,13,14,15). The summed E-state index contributed by atoms with van der Waals surface area (Å²) in [6.07, 6.45) is 0. The molecule has 0 saturated heterocycles. The van der Waals surface area contributed by atoms with Gasteiger partial charge in [0.1, 0.15) is 11.5 Å². The summed E-state index contributed by atoms with van der Waals surface area (Å²) in [5, 5.41) is 7.07. The van der Waals surface area contributed by atoms with E-state index in [1.807, 2.05) is 25.1 Å². The van der Waals surface area contributed by atoms with Crippen LogP contribution in [-0.2, 0) is 0 Å². The lowest BCUT2D eigenvalue weighted by atomic mass is 10.2. The molecule has 0 aliphatic rings. The first-order valence-corrected chi connectivity index (χ1v) is 5.03. The number of aromatic amines is 1. The Labute approximate surface area is 88.8 Å². The van der Waals surface area contributed by atoms with E-state index in [0.29, 0.717) is 11.7 Å². The maximum Gasteiger partial charge on any atom is 0.199 e. The summed E-state index contributed by atoms with van der Waals surface area (Å²) in [6.45, 7) is 6.11. The Morgan fingerprint density at radius 1 is 1.20 bits per heavy atom. The minimum absolute atomic E-state index is 0.357. The molecule has 2 rings (SSSR count). The Balaban J connectivity index is 2.37. The zero-order valence-electron chi connectivity index (χ0n) is 9.15. The van der Waals surface area contributed by atoms with Gasteiger partial charge in [-0.1, -0.05) is 19.9 Å². The number of H-pyrrole nitrogens is 1. The van der Waals surface area contributed by atoms with Gasteiger partial charge in [-0.2, -0.15) is 5.10 Å². The minimum atomic E-state index is 0.357. The Morgan fingerprint density at radius 2 is 2.00 bits per heavy atom. The number of nitrogens with one attached hydrogen (secondary N) is 1. The maximum atomic E-state index is 4.39. The molecule has 0 aliphatic carbocycles. The lowest BCUT2D eigenvalue weighted by Gasteiger charge is -1.96. The van der Waals surface area contributed by atoms with E-state index in [0.717, 1.165) is 17.2 Å². The third-order valence-electron chi connectivity index (χ3n) is 2.17. The van der Waals surface area contributed by atoms with Crippen LogP contribution in [0, 0.1) is 6.92 Å². The van der Waals surface area contributed by atoms with E-state index in [1.54, 1.807) is 0 Å². The minimum Gasteiger partial charge on any atom is -0.262 e. The molecule has 0 aliphatic heterocycles. The van der Waals surface area contributed by atoms with Crippen LogP contribution in [0.25, 0.3) is 11.5 Å². The lowest BCUT2D eigenvalue weighted by Crippen LogP contribution is -1.90. The van der Waals surface area contributed by atoms with Gasteiger partial charge in [0.05, 0.1) is 0 Å². The van der Waals surface area contributed by atoms with Crippen molar-refractivity contribution in [3.63, 3.8) is 0 Å². The Hall–Kier alpha value is -1.71. The Kier molecular flexibility index (Phi) is 2.49. The van der Waals surface area contributed by atoms with E-state index in [4.69, 9.17) is 0 Å². The fourth-order valence-electron chi connectivity index (χ4n) is 1.31. The summed E-state index contributed by atoms with van der Waals surface area (Å²) in [7, 11) is 0. The normalized spacial score (nSPS) is 10.9. The average Bonchev–Trinajstić information content (AvgIpc) is 2.66. The van der Waals surface area contributed by atoms with Crippen molar-refractivity contribution < 1.29 is 0 Å². The van der Waals surface area contributed by atoms with Crippen LogP contribution >= 0.6 is 0 Å². The van der Waals surface area contributed by atoms with Crippen LogP contribution in [0.2, 0.25) is 0 Å². The molecule has 4 nitrogen and oxygen atoms in total. The van der Waals surface area contributed by atoms with Crippen molar-refractivity contribution in [2.45, 2.75) is 26.7 Å². The molecule has 78 valence electrons. The topological polar surface area (TPSA) is 54.5 Å². The predicted octanol–water partition coefficient (Wildman–Crippen LogP) is 2.30. The second-order valence-electron chi connectivity index (χ2n) is 3.86. The molecular formula is C11H14N4. The molecule has 0 unspecified atom stereocenters. The maximum absolute atomic E-state index is 4.39. The molecule has 0 amide bonds. The monoisotopic (exact) mass is 202 g/mol. The van der Waals surface area contributed by atoms with E-state index >= 15 is 0 Å². The quantitative estimate of drug-likeness (QED) is 0.812. The summed E-state index contributed by atoms with van der Waals surface area (Å²) >= 11 is 0. The third-order valence-corrected chi connectivity index (χ3v) is 2.17. The second kappa shape index (κ2) is 3.81. The van der Waals surface area contributed by atoms with Crippen LogP contribution in [0.15, 0.2) is 18.2 Å². The average molecular weight is 202 g/mol. The second-order valence-corrected chi connectivity index (χ2v) is 3.86. The fraction of sp³-hybridized carbons (Fsp3) is 0.364. The van der Waals surface area contributed by atoms with Crippen LogP contribution in [0.4, 0.5) is 0 Å². The molecule has 0 atom stereocenters. The molecule has 0 spiro atoms. The van der Waals surface area contributed by atoms with Gasteiger partial charge in [0, 0.05) is 11.6 Å². The highest BCUT2D eigenvalue weighted by atomic mass is 15.2. The molecular weight excluding hydrogens is 188 g/mol. The molecule has 0 aromatic carbocycles. The summed E-state index contributed by atoms with van der Waals surface area (Å²) in [4.78, 5) is 8.76. The van der Waals surface area contributed by atoms with Gasteiger partial charge < -0.3 is 0 Å². The number of pyridine rings is 1. The molecule has 2 heterocycles. The first-order chi connectivity index (χ1) is 7.16. The lowest BCUT2D eigenvalue weighted by molar-refractivity contribution is 0.781. The zero-order chi connectivity index (χ0) is 10.8. The van der Waals surface area contributed by atoms with Crippen molar-refractivity contribution in [3.05, 3.63) is 29.7 Å². The molecule has 4 heteroatoms. The smallest absolute Gasteiger partial charge is 0.199 e. The fourth-order valence-corrected chi connectivity index (χ4v) is 1.31. The first-order valence-electron chi connectivity index (χ1n) is 5.03. The van der Waals surface area contributed by atoms with Crippen molar-refractivity contribution in [3.8, 4) is 11.5 Å². The van der Waals surface area contributed by atoms with Gasteiger partial charge in [-0.3, -0.25) is 5.10 Å². The highest BCUT2D eigenvalue weighted by molar-refractivity contribution is 5.48. The van der Waals surface area contributed by atoms with Crippen molar-refractivity contribution in [1.82, 2.24) is 20.2 Å². The number of rotatable bonds is 2. The highest BCUT2D eigenvalue weighted by Crippen LogP contribution is 2.15. The first kappa shape index (κ1) is 9.83. The molecule has 0 bridgehead atoms. The van der Waals surface area contributed by atoms with Gasteiger partial charge in [-0.05, 0) is 19.1 Å². The van der Waals surface area contributed by atoms with E-state index in [2.05, 4.69) is 34.0 Å². The van der Waals surface area contributed by atoms with Gasteiger partial charge in [-0.15, -0.1) is 0 Å². The van der Waals surface area contributed by atoms with Gasteiger partial charge in [-0.25, -0.2) is 9.97 Å². The van der Waals surface area contributed by atoms with Crippen molar-refractivity contribution in [1.29, 1.82) is 0 Å². The summed E-state index contributed by atoms with van der Waals surface area (Å²) < 4.78 is 0. The van der Waals surface area contributed by atoms with Crippen LogP contribution in [0.5, 0.6) is 0 Å². The van der Waals surface area contributed by atoms with E-state index < -0.39 is 0 Å². The number of nitrogens with zero attached hydrogens (tertiary/aromatic N) is 3. The molecule has 0 radical (unpaired) electrons. The SMILES string of the molecule is Cc1cccc(-c2n[nH]c(C(C)C)n2)n1. The van der Waals surface area contributed by atoms with Gasteiger partial charge in [0.15, 0.2) is 5.82 Å². The van der Waals surface area contributed by atoms with Crippen LogP contribution < -0.4 is 0 Å². The molecule has 0 fully saturated rings. The summed E-state index contributed by atoms with van der Waals surface area (Å²) in [5.41, 5.74) is 1.79. The Bertz CT molecular complexity index is 459. The number of aryl methyl sites for hydroxylation is 1. The highest BCUT2D eigenvalue weighted by Gasteiger charge is 2.09. The molecule has 2 aromatic rings. The molecule has 15 heavy (non-hydrogen) atoms. The van der Waals surface area contributed by atoms with Crippen LogP contribution in [0.1, 0.15) is 31.3 Å². The van der Waals surface area contributed by atoms with E-state index in [9.17, 15) is 0 Å². The van der Waals surface area contributed by atoms with Crippen LogP contribution in [-0.4, -0.2) is 20.2 Å². The van der Waals surface area contributed by atoms with Crippen LogP contribution in [0.3, 0.4) is 0 Å². The van der Waals surface area contributed by atoms with Gasteiger partial charge in [0.25, 0.3) is 0 Å². The Morgan fingerprint density at radius 3 is 2.60 bits per heavy atom. The summed E-state index contributed by atoms with van der Waals surface area (Å²) in [6, 6.07) is 5.84.